The zero-order valence-corrected chi connectivity index (χ0v) is 11.8. The second-order valence-corrected chi connectivity index (χ2v) is 7.36. The Bertz CT molecular complexity index is 271. The normalized spacial score (nSPS) is 39.7. The van der Waals surface area contributed by atoms with Crippen LogP contribution in [-0.2, 0) is 4.74 Å². The predicted octanol–water partition coefficient (Wildman–Crippen LogP) is 2.82. The molecule has 2 nitrogen and oxygen atoms in total. The van der Waals surface area contributed by atoms with Crippen molar-refractivity contribution in [3.8, 4) is 0 Å². The van der Waals surface area contributed by atoms with E-state index in [1.807, 2.05) is 0 Å². The lowest BCUT2D eigenvalue weighted by Gasteiger charge is -2.38. The lowest BCUT2D eigenvalue weighted by atomic mass is 9.89. The fraction of sp³-hybridized carbons (Fsp3) is 1.00. The topological polar surface area (TPSA) is 21.3 Å². The van der Waals surface area contributed by atoms with Crippen LogP contribution in [-0.4, -0.2) is 36.3 Å². The summed E-state index contributed by atoms with van der Waals surface area (Å²) in [5.74, 6) is 2.52. The van der Waals surface area contributed by atoms with Crippen molar-refractivity contribution in [1.29, 1.82) is 0 Å². The highest BCUT2D eigenvalue weighted by Gasteiger charge is 2.43. The van der Waals surface area contributed by atoms with Crippen molar-refractivity contribution in [2.45, 2.75) is 57.1 Å². The third kappa shape index (κ3) is 2.66. The van der Waals surface area contributed by atoms with Crippen molar-refractivity contribution in [3.05, 3.63) is 0 Å². The quantitative estimate of drug-likeness (QED) is 0.834. The maximum atomic E-state index is 6.07. The van der Waals surface area contributed by atoms with E-state index in [1.54, 1.807) is 0 Å². The summed E-state index contributed by atoms with van der Waals surface area (Å²) in [5.41, 5.74) is 0.916. The maximum Gasteiger partial charge on any atom is 0.0795 e. The first-order chi connectivity index (χ1) is 8.26. The van der Waals surface area contributed by atoms with Crippen molar-refractivity contribution in [3.63, 3.8) is 0 Å². The van der Waals surface area contributed by atoms with E-state index in [1.165, 1.54) is 56.6 Å². The minimum absolute atomic E-state index is 0.240. The minimum atomic E-state index is 0.240. The summed E-state index contributed by atoms with van der Waals surface area (Å²) in [5, 5.41) is 3.84. The van der Waals surface area contributed by atoms with Gasteiger partial charge in [-0.15, -0.1) is 0 Å². The third-order valence-corrected chi connectivity index (χ3v) is 6.26. The summed E-state index contributed by atoms with van der Waals surface area (Å²) in [7, 11) is 0. The van der Waals surface area contributed by atoms with Crippen molar-refractivity contribution in [2.75, 3.05) is 24.7 Å². The molecule has 0 aromatic heterocycles. The third-order valence-electron chi connectivity index (χ3n) is 5.03. The van der Waals surface area contributed by atoms with Crippen LogP contribution in [0.15, 0.2) is 0 Å². The van der Waals surface area contributed by atoms with Gasteiger partial charge in [0.05, 0.1) is 5.60 Å². The van der Waals surface area contributed by atoms with Gasteiger partial charge < -0.3 is 10.1 Å². The molecular weight excluding hydrogens is 230 g/mol. The molecule has 0 aromatic carbocycles. The molecule has 2 heterocycles. The Labute approximate surface area is 109 Å². The zero-order valence-electron chi connectivity index (χ0n) is 11.0. The number of thioether (sulfide) groups is 1. The van der Waals surface area contributed by atoms with Crippen LogP contribution in [0.2, 0.25) is 0 Å². The summed E-state index contributed by atoms with van der Waals surface area (Å²) in [4.78, 5) is 0. The van der Waals surface area contributed by atoms with Gasteiger partial charge in [-0.3, -0.25) is 0 Å². The van der Waals surface area contributed by atoms with Gasteiger partial charge in [-0.2, -0.15) is 11.8 Å². The first kappa shape index (κ1) is 12.3. The molecule has 3 heteroatoms. The highest BCUT2D eigenvalue weighted by molar-refractivity contribution is 7.99. The molecule has 2 unspecified atom stereocenters. The molecule has 3 fully saturated rings. The monoisotopic (exact) mass is 255 g/mol. The van der Waals surface area contributed by atoms with Gasteiger partial charge >= 0.3 is 0 Å². The van der Waals surface area contributed by atoms with Gasteiger partial charge in [-0.1, -0.05) is 6.92 Å². The highest BCUT2D eigenvalue weighted by Crippen LogP contribution is 2.48. The maximum absolute atomic E-state index is 6.07. The predicted molar refractivity (Wildman–Crippen MR) is 73.6 cm³/mol. The molecule has 2 aliphatic heterocycles. The molecule has 0 radical (unpaired) electrons. The van der Waals surface area contributed by atoms with Gasteiger partial charge in [0.15, 0.2) is 0 Å². The van der Waals surface area contributed by atoms with Gasteiger partial charge in [0, 0.05) is 24.9 Å². The Balaban J connectivity index is 1.50. The standard InChI is InChI=1S/C14H25NOS/c1-2-13(4-5-13)10-15-12-3-7-16-14(9-12)6-8-17-11-14/h12,15H,2-11H2,1H3. The molecule has 3 rings (SSSR count). The molecule has 1 saturated carbocycles. The summed E-state index contributed by atoms with van der Waals surface area (Å²) in [6.07, 6.45) is 7.98. The van der Waals surface area contributed by atoms with Crippen LogP contribution in [0.1, 0.15) is 45.4 Å². The van der Waals surface area contributed by atoms with Crippen molar-refractivity contribution >= 4 is 11.8 Å². The lowest BCUT2D eigenvalue weighted by Crippen LogP contribution is -2.48. The average molecular weight is 255 g/mol. The van der Waals surface area contributed by atoms with Gasteiger partial charge in [0.25, 0.3) is 0 Å². The molecule has 0 amide bonds. The molecule has 0 bridgehead atoms. The average Bonchev–Trinajstić information content (AvgIpc) is 3.03. The van der Waals surface area contributed by atoms with E-state index in [0.717, 1.165) is 6.61 Å². The molecule has 1 N–H and O–H groups in total. The molecule has 1 spiro atoms. The van der Waals surface area contributed by atoms with Crippen molar-refractivity contribution in [1.82, 2.24) is 5.32 Å². The van der Waals surface area contributed by atoms with E-state index < -0.39 is 0 Å². The van der Waals surface area contributed by atoms with Crippen LogP contribution in [0.25, 0.3) is 0 Å². The van der Waals surface area contributed by atoms with Gasteiger partial charge in [0.2, 0.25) is 0 Å². The van der Waals surface area contributed by atoms with Crippen LogP contribution < -0.4 is 5.32 Å². The molecule has 0 aromatic rings. The first-order valence-corrected chi connectivity index (χ1v) is 8.37. The number of hydrogen-bond acceptors (Lipinski definition) is 3. The van der Waals surface area contributed by atoms with Crippen LogP contribution in [0.4, 0.5) is 0 Å². The number of hydrogen-bond donors (Lipinski definition) is 1. The summed E-state index contributed by atoms with van der Waals surface area (Å²) >= 11 is 2.07. The van der Waals surface area contributed by atoms with Gasteiger partial charge in [0.1, 0.15) is 0 Å². The molecule has 17 heavy (non-hydrogen) atoms. The zero-order chi connectivity index (χ0) is 11.8. The highest BCUT2D eigenvalue weighted by atomic mass is 32.2. The van der Waals surface area contributed by atoms with Crippen LogP contribution in [0.5, 0.6) is 0 Å². The number of ether oxygens (including phenoxy) is 1. The van der Waals surface area contributed by atoms with E-state index in [4.69, 9.17) is 4.74 Å². The van der Waals surface area contributed by atoms with Crippen LogP contribution >= 0.6 is 11.8 Å². The van der Waals surface area contributed by atoms with Crippen LogP contribution in [0.3, 0.4) is 0 Å². The Morgan fingerprint density at radius 1 is 1.35 bits per heavy atom. The summed E-state index contributed by atoms with van der Waals surface area (Å²) in [6.45, 7) is 4.56. The smallest absolute Gasteiger partial charge is 0.0795 e. The molecule has 1 aliphatic carbocycles. The Kier molecular flexibility index (Phi) is 3.44. The lowest BCUT2D eigenvalue weighted by molar-refractivity contribution is -0.0705. The Morgan fingerprint density at radius 2 is 2.24 bits per heavy atom. The second kappa shape index (κ2) is 4.75. The molecular formula is C14H25NOS. The molecule has 98 valence electrons. The fourth-order valence-corrected chi connectivity index (χ4v) is 4.64. The number of nitrogens with one attached hydrogen (secondary N) is 1. The van der Waals surface area contributed by atoms with E-state index in [9.17, 15) is 0 Å². The molecule has 2 atom stereocenters. The molecule has 2 saturated heterocycles. The van der Waals surface area contributed by atoms with Crippen molar-refractivity contribution in [2.24, 2.45) is 5.41 Å². The van der Waals surface area contributed by atoms with Gasteiger partial charge in [-0.25, -0.2) is 0 Å². The minimum Gasteiger partial charge on any atom is -0.374 e. The fourth-order valence-electron chi connectivity index (χ4n) is 3.26. The van der Waals surface area contributed by atoms with Crippen LogP contribution in [0, 0.1) is 5.41 Å². The number of rotatable bonds is 4. The van der Waals surface area contributed by atoms with Gasteiger partial charge in [-0.05, 0) is 49.7 Å². The van der Waals surface area contributed by atoms with E-state index >= 15 is 0 Å². The largest absolute Gasteiger partial charge is 0.374 e. The van der Waals surface area contributed by atoms with E-state index in [-0.39, 0.29) is 5.60 Å². The second-order valence-electron chi connectivity index (χ2n) is 6.26. The molecule has 3 aliphatic rings. The van der Waals surface area contributed by atoms with Crippen molar-refractivity contribution < 1.29 is 4.74 Å². The summed E-state index contributed by atoms with van der Waals surface area (Å²) < 4.78 is 6.07. The first-order valence-electron chi connectivity index (χ1n) is 7.21. The SMILES string of the molecule is CCC1(CNC2CCOC3(CCSC3)C2)CC1. The summed E-state index contributed by atoms with van der Waals surface area (Å²) in [6, 6.07) is 0.714. The van der Waals surface area contributed by atoms with E-state index in [2.05, 4.69) is 24.0 Å². The Hall–Kier alpha value is 0.270. The van der Waals surface area contributed by atoms with E-state index in [0.29, 0.717) is 11.5 Å². The Morgan fingerprint density at radius 3 is 2.88 bits per heavy atom.